The number of hydrogen-bond donors (Lipinski definition) is 2. The number of nitrogens with one attached hydrogen (secondary N) is 2. The molecule has 18 heavy (non-hydrogen) atoms. The molecule has 5 nitrogen and oxygen atoms in total. The van der Waals surface area contributed by atoms with Crippen LogP contribution in [0.5, 0.6) is 0 Å². The smallest absolute Gasteiger partial charge is 0.246 e. The second-order valence-corrected chi connectivity index (χ2v) is 4.92. The molecule has 1 aliphatic rings. The maximum absolute atomic E-state index is 11.6. The molecule has 2 heterocycles. The Hall–Kier alpha value is -1.46. The molecule has 0 saturated carbocycles. The molecule has 1 fully saturated rings. The van der Waals surface area contributed by atoms with Crippen molar-refractivity contribution in [2.24, 2.45) is 0 Å². The summed E-state index contributed by atoms with van der Waals surface area (Å²) < 4.78 is 5.56. The van der Waals surface area contributed by atoms with E-state index in [-0.39, 0.29) is 18.1 Å². The van der Waals surface area contributed by atoms with Crippen molar-refractivity contribution in [1.29, 1.82) is 0 Å². The van der Waals surface area contributed by atoms with Crippen LogP contribution in [0.15, 0.2) is 18.5 Å². The highest BCUT2D eigenvalue weighted by Crippen LogP contribution is 2.14. The fourth-order valence-electron chi connectivity index (χ4n) is 1.75. The Morgan fingerprint density at radius 1 is 1.61 bits per heavy atom. The van der Waals surface area contributed by atoms with Crippen LogP contribution in [0.2, 0.25) is 0 Å². The van der Waals surface area contributed by atoms with E-state index in [0.29, 0.717) is 6.54 Å². The molecule has 98 valence electrons. The van der Waals surface area contributed by atoms with Gasteiger partial charge in [-0.1, -0.05) is 0 Å². The normalized spacial score (nSPS) is 17.0. The van der Waals surface area contributed by atoms with Crippen LogP contribution in [-0.4, -0.2) is 36.2 Å². The van der Waals surface area contributed by atoms with Crippen molar-refractivity contribution >= 4 is 5.91 Å². The minimum atomic E-state index is -0.179. The van der Waals surface area contributed by atoms with Crippen molar-refractivity contribution in [1.82, 2.24) is 15.6 Å². The average molecular weight is 249 g/mol. The minimum Gasteiger partial charge on any atom is -0.363 e. The lowest BCUT2D eigenvalue weighted by molar-refractivity contribution is -0.136. The second-order valence-electron chi connectivity index (χ2n) is 4.92. The molecule has 1 saturated heterocycles. The zero-order chi connectivity index (χ0) is 13.0. The van der Waals surface area contributed by atoms with E-state index < -0.39 is 0 Å². The summed E-state index contributed by atoms with van der Waals surface area (Å²) in [5.41, 5.74) is 1.98. The number of ether oxygens (including phenoxy) is 1. The predicted molar refractivity (Wildman–Crippen MR) is 68.0 cm³/mol. The van der Waals surface area contributed by atoms with Gasteiger partial charge in [0.15, 0.2) is 0 Å². The molecule has 1 aromatic rings. The zero-order valence-electron chi connectivity index (χ0n) is 10.8. The predicted octanol–water partition coefficient (Wildman–Crippen LogP) is 0.385. The molecular formula is C13H19N3O2. The van der Waals surface area contributed by atoms with Crippen LogP contribution in [0.3, 0.4) is 0 Å². The summed E-state index contributed by atoms with van der Waals surface area (Å²) in [6.07, 6.45) is 3.52. The van der Waals surface area contributed by atoms with Gasteiger partial charge in [-0.25, -0.2) is 0 Å². The number of amides is 1. The van der Waals surface area contributed by atoms with Crippen LogP contribution < -0.4 is 10.6 Å². The average Bonchev–Trinajstić information content (AvgIpc) is 2.33. The summed E-state index contributed by atoms with van der Waals surface area (Å²) in [5.74, 6) is -0.0913. The van der Waals surface area contributed by atoms with Gasteiger partial charge in [-0.05, 0) is 31.0 Å². The van der Waals surface area contributed by atoms with Gasteiger partial charge >= 0.3 is 0 Å². The van der Waals surface area contributed by atoms with E-state index in [2.05, 4.69) is 15.6 Å². The highest BCUT2D eigenvalue weighted by Gasteiger charge is 2.32. The third-order valence-corrected chi connectivity index (χ3v) is 3.17. The minimum absolute atomic E-state index is 0.0913. The Labute approximate surface area is 107 Å². The van der Waals surface area contributed by atoms with Crippen LogP contribution in [0.4, 0.5) is 0 Å². The summed E-state index contributed by atoms with van der Waals surface area (Å²) in [4.78, 5) is 15.7. The van der Waals surface area contributed by atoms with Crippen LogP contribution in [0.25, 0.3) is 0 Å². The summed E-state index contributed by atoms with van der Waals surface area (Å²) >= 11 is 0. The summed E-state index contributed by atoms with van der Waals surface area (Å²) in [7, 11) is 0. The molecule has 0 bridgehead atoms. The maximum atomic E-state index is 11.6. The Morgan fingerprint density at radius 3 is 3.00 bits per heavy atom. The molecule has 1 amide bonds. The molecule has 0 unspecified atom stereocenters. The molecule has 0 atom stereocenters. The standard InChI is InChI=1S/C13H19N3O2/c1-10-3-4-14-5-11(10)6-16-12(17)7-18-13(2)8-15-9-13/h3-5,15H,6-9H2,1-2H3,(H,16,17). The van der Waals surface area contributed by atoms with Crippen molar-refractivity contribution in [3.63, 3.8) is 0 Å². The summed E-state index contributed by atoms with van der Waals surface area (Å²) in [6, 6.07) is 1.93. The van der Waals surface area contributed by atoms with E-state index >= 15 is 0 Å². The van der Waals surface area contributed by atoms with Gasteiger partial charge < -0.3 is 15.4 Å². The van der Waals surface area contributed by atoms with Crippen LogP contribution in [0, 0.1) is 6.92 Å². The lowest BCUT2D eigenvalue weighted by atomic mass is 10.0. The fraction of sp³-hybridized carbons (Fsp3) is 0.538. The van der Waals surface area contributed by atoms with Gasteiger partial charge in [-0.2, -0.15) is 0 Å². The molecule has 0 aliphatic carbocycles. The Bertz CT molecular complexity index is 430. The molecular weight excluding hydrogens is 230 g/mol. The number of rotatable bonds is 5. The highest BCUT2D eigenvalue weighted by molar-refractivity contribution is 5.77. The van der Waals surface area contributed by atoms with Crippen molar-refractivity contribution in [3.8, 4) is 0 Å². The number of aryl methyl sites for hydroxylation is 1. The molecule has 2 N–H and O–H groups in total. The number of nitrogens with zero attached hydrogens (tertiary/aromatic N) is 1. The first-order chi connectivity index (χ1) is 8.59. The first-order valence-corrected chi connectivity index (χ1v) is 6.10. The van der Waals surface area contributed by atoms with Gasteiger partial charge in [0.1, 0.15) is 6.61 Å². The van der Waals surface area contributed by atoms with Gasteiger partial charge in [0.25, 0.3) is 0 Å². The summed E-state index contributed by atoms with van der Waals surface area (Å²) in [6.45, 7) is 6.22. The number of aromatic nitrogens is 1. The van der Waals surface area contributed by atoms with E-state index in [1.807, 2.05) is 19.9 Å². The molecule has 0 spiro atoms. The van der Waals surface area contributed by atoms with Crippen molar-refractivity contribution in [3.05, 3.63) is 29.6 Å². The van der Waals surface area contributed by atoms with Crippen LogP contribution in [-0.2, 0) is 16.1 Å². The Kier molecular flexibility index (Phi) is 3.93. The van der Waals surface area contributed by atoms with Crippen molar-refractivity contribution < 1.29 is 9.53 Å². The molecule has 0 aromatic carbocycles. The van der Waals surface area contributed by atoms with Crippen LogP contribution >= 0.6 is 0 Å². The van der Waals surface area contributed by atoms with Gasteiger partial charge in [0, 0.05) is 32.0 Å². The molecule has 1 aliphatic heterocycles. The third kappa shape index (κ3) is 3.27. The first kappa shape index (κ1) is 13.0. The lowest BCUT2D eigenvalue weighted by Crippen LogP contribution is -2.59. The van der Waals surface area contributed by atoms with Gasteiger partial charge in [0.05, 0.1) is 5.60 Å². The van der Waals surface area contributed by atoms with E-state index in [1.54, 1.807) is 12.4 Å². The zero-order valence-corrected chi connectivity index (χ0v) is 10.8. The third-order valence-electron chi connectivity index (χ3n) is 3.17. The highest BCUT2D eigenvalue weighted by atomic mass is 16.5. The quantitative estimate of drug-likeness (QED) is 0.792. The number of pyridine rings is 1. The van der Waals surface area contributed by atoms with Gasteiger partial charge in [-0.3, -0.25) is 9.78 Å². The van der Waals surface area contributed by atoms with Gasteiger partial charge in [-0.15, -0.1) is 0 Å². The van der Waals surface area contributed by atoms with E-state index in [4.69, 9.17) is 4.74 Å². The maximum Gasteiger partial charge on any atom is 0.246 e. The monoisotopic (exact) mass is 249 g/mol. The van der Waals surface area contributed by atoms with E-state index in [1.165, 1.54) is 0 Å². The molecule has 5 heteroatoms. The topological polar surface area (TPSA) is 63.2 Å². The Morgan fingerprint density at radius 2 is 2.39 bits per heavy atom. The largest absolute Gasteiger partial charge is 0.363 e. The number of carbonyl (C=O) groups is 1. The van der Waals surface area contributed by atoms with Crippen molar-refractivity contribution in [2.75, 3.05) is 19.7 Å². The fourth-order valence-corrected chi connectivity index (χ4v) is 1.75. The lowest BCUT2D eigenvalue weighted by Gasteiger charge is -2.38. The van der Waals surface area contributed by atoms with E-state index in [0.717, 1.165) is 24.2 Å². The SMILES string of the molecule is Cc1ccncc1CNC(=O)COC1(C)CNC1. The number of carbonyl (C=O) groups excluding carboxylic acids is 1. The molecule has 0 radical (unpaired) electrons. The van der Waals surface area contributed by atoms with Crippen LogP contribution in [0.1, 0.15) is 18.1 Å². The molecule has 2 rings (SSSR count). The Balaban J connectivity index is 1.73. The number of hydrogen-bond acceptors (Lipinski definition) is 4. The first-order valence-electron chi connectivity index (χ1n) is 6.10. The second kappa shape index (κ2) is 5.46. The molecule has 1 aromatic heterocycles. The van der Waals surface area contributed by atoms with Crippen molar-refractivity contribution in [2.45, 2.75) is 26.0 Å². The van der Waals surface area contributed by atoms with E-state index in [9.17, 15) is 4.79 Å². The summed E-state index contributed by atoms with van der Waals surface area (Å²) in [5, 5.41) is 5.96. The van der Waals surface area contributed by atoms with Gasteiger partial charge in [0.2, 0.25) is 5.91 Å².